The molecule has 0 aliphatic heterocycles. The smallest absolute Gasteiger partial charge is 0.185 e. The average Bonchev–Trinajstić information content (AvgIpc) is 3.41. The maximum absolute atomic E-state index is 4.72. The van der Waals surface area contributed by atoms with Crippen molar-refractivity contribution in [1.82, 2.24) is 39.6 Å². The van der Waals surface area contributed by atoms with Crippen LogP contribution in [-0.4, -0.2) is 39.6 Å². The lowest BCUT2D eigenvalue weighted by molar-refractivity contribution is 0.720. The molecule has 0 unspecified atom stereocenters. The second kappa shape index (κ2) is 7.42. The minimum absolute atomic E-state index is 0.272. The monoisotopic (exact) mass is 392 g/mol. The lowest BCUT2D eigenvalue weighted by atomic mass is 10.1. The van der Waals surface area contributed by atoms with E-state index in [0.717, 1.165) is 58.0 Å². The van der Waals surface area contributed by atoms with Gasteiger partial charge in [-0.1, -0.05) is 47.6 Å². The van der Waals surface area contributed by atoms with Crippen molar-refractivity contribution < 1.29 is 0 Å². The maximum Gasteiger partial charge on any atom is 0.185 e. The molecule has 0 atom stereocenters. The Balaban J connectivity index is 1.79. The van der Waals surface area contributed by atoms with Crippen LogP contribution in [-0.2, 0) is 12.8 Å². The highest BCUT2D eigenvalue weighted by molar-refractivity contribution is 5.71. The van der Waals surface area contributed by atoms with Gasteiger partial charge in [-0.05, 0) is 25.0 Å². The second-order valence-electron chi connectivity index (χ2n) is 7.90. The molecule has 152 valence electrons. The van der Waals surface area contributed by atoms with E-state index in [4.69, 9.17) is 9.97 Å². The molecular weight excluding hydrogens is 364 g/mol. The zero-order chi connectivity index (χ0) is 20.7. The van der Waals surface area contributed by atoms with E-state index >= 15 is 0 Å². The van der Waals surface area contributed by atoms with Crippen molar-refractivity contribution in [3.8, 4) is 0 Å². The Hall–Kier alpha value is -3.03. The fourth-order valence-corrected chi connectivity index (χ4v) is 3.36. The summed E-state index contributed by atoms with van der Waals surface area (Å²) in [7, 11) is 0. The van der Waals surface area contributed by atoms with Gasteiger partial charge in [-0.2, -0.15) is 9.73 Å². The van der Waals surface area contributed by atoms with Gasteiger partial charge in [0.2, 0.25) is 0 Å². The van der Waals surface area contributed by atoms with Gasteiger partial charge in [0, 0.05) is 28.3 Å². The van der Waals surface area contributed by atoms with Gasteiger partial charge >= 0.3 is 0 Å². The molecule has 0 radical (unpaired) electrons. The summed E-state index contributed by atoms with van der Waals surface area (Å²) >= 11 is 0. The highest BCUT2D eigenvalue weighted by atomic mass is 15.5. The van der Waals surface area contributed by atoms with E-state index in [1.54, 1.807) is 9.26 Å². The Morgan fingerprint density at radius 2 is 1.59 bits per heavy atom. The normalized spacial score (nSPS) is 13.4. The Morgan fingerprint density at radius 1 is 0.897 bits per heavy atom. The number of fused-ring (bicyclic) bond motifs is 2. The van der Waals surface area contributed by atoms with E-state index in [1.165, 1.54) is 0 Å². The molecule has 29 heavy (non-hydrogen) atoms. The van der Waals surface area contributed by atoms with Gasteiger partial charge in [-0.15, -0.1) is 14.8 Å². The summed E-state index contributed by atoms with van der Waals surface area (Å²) in [5.74, 6) is 2.22. The van der Waals surface area contributed by atoms with Gasteiger partial charge < -0.3 is 0 Å². The number of hydrogen-bond acceptors (Lipinski definition) is 5. The molecule has 0 fully saturated rings. The first kappa shape index (κ1) is 19.3. The van der Waals surface area contributed by atoms with Crippen LogP contribution in [0.2, 0.25) is 0 Å². The highest BCUT2D eigenvalue weighted by Gasteiger charge is 2.15. The van der Waals surface area contributed by atoms with Gasteiger partial charge in [0.15, 0.2) is 22.9 Å². The van der Waals surface area contributed by atoms with E-state index in [2.05, 4.69) is 74.1 Å². The van der Waals surface area contributed by atoms with Crippen LogP contribution >= 0.6 is 0 Å². The first-order chi connectivity index (χ1) is 13.9. The van der Waals surface area contributed by atoms with Crippen LogP contribution in [0.25, 0.3) is 23.4 Å². The number of aryl methyl sites for hydroxylation is 2. The van der Waals surface area contributed by atoms with Crippen LogP contribution in [0.4, 0.5) is 0 Å². The number of rotatable bonds is 6. The topological polar surface area (TPSA) is 89.1 Å². The summed E-state index contributed by atoms with van der Waals surface area (Å²) in [6.07, 6.45) is 7.92. The minimum Gasteiger partial charge on any atom is -0.280 e. The third-order valence-corrected chi connectivity index (χ3v) is 5.05. The predicted molar refractivity (Wildman–Crippen MR) is 114 cm³/mol. The van der Waals surface area contributed by atoms with Gasteiger partial charge in [0.25, 0.3) is 0 Å². The summed E-state index contributed by atoms with van der Waals surface area (Å²) in [6, 6.07) is 0. The molecule has 0 aromatic carbocycles. The van der Waals surface area contributed by atoms with Crippen molar-refractivity contribution in [3.63, 3.8) is 0 Å². The van der Waals surface area contributed by atoms with E-state index < -0.39 is 0 Å². The SMILES string of the molecule is CCc1[nH]n2nc(C(C)C)nc2c1/C=C/C=c1/c(CC)nn2nc(C(C)C)nc12. The maximum atomic E-state index is 4.72. The van der Waals surface area contributed by atoms with Gasteiger partial charge in [-0.3, -0.25) is 5.10 Å². The van der Waals surface area contributed by atoms with Gasteiger partial charge in [0.1, 0.15) is 0 Å². The standard InChI is InChI=1S/C21H28N8/c1-7-16-14(20-22-18(12(3)4)26-28(20)24-16)10-9-11-15-17(8-2)25-29-21(15)23-19(27-29)13(5)6/h9-13,24H,7-8H2,1-6H3/b10-9+,15-11-. The zero-order valence-corrected chi connectivity index (χ0v) is 17.9. The minimum atomic E-state index is 0.272. The molecule has 8 nitrogen and oxygen atoms in total. The first-order valence-corrected chi connectivity index (χ1v) is 10.3. The average molecular weight is 393 g/mol. The summed E-state index contributed by atoms with van der Waals surface area (Å²) in [5.41, 5.74) is 4.86. The van der Waals surface area contributed by atoms with Gasteiger partial charge in [0.05, 0.1) is 5.69 Å². The summed E-state index contributed by atoms with van der Waals surface area (Å²) in [5, 5.41) is 18.0. The number of aromatic amines is 1. The first-order valence-electron chi connectivity index (χ1n) is 10.3. The second-order valence-corrected chi connectivity index (χ2v) is 7.90. The van der Waals surface area contributed by atoms with Crippen LogP contribution in [0.5, 0.6) is 0 Å². The molecule has 4 rings (SSSR count). The Morgan fingerprint density at radius 3 is 2.24 bits per heavy atom. The molecule has 8 heteroatoms. The summed E-state index contributed by atoms with van der Waals surface area (Å²) in [4.78, 5) is 9.41. The molecule has 0 spiro atoms. The molecule has 4 aromatic rings. The van der Waals surface area contributed by atoms with Crippen molar-refractivity contribution in [2.75, 3.05) is 0 Å². The molecule has 4 aromatic heterocycles. The van der Waals surface area contributed by atoms with Crippen molar-refractivity contribution >= 4 is 23.4 Å². The van der Waals surface area contributed by atoms with E-state index in [-0.39, 0.29) is 11.8 Å². The van der Waals surface area contributed by atoms with Crippen molar-refractivity contribution in [2.24, 2.45) is 0 Å². The van der Waals surface area contributed by atoms with Crippen LogP contribution in [0, 0.1) is 0 Å². The third-order valence-electron chi connectivity index (χ3n) is 5.05. The number of aromatic nitrogens is 8. The fourth-order valence-electron chi connectivity index (χ4n) is 3.36. The number of nitrogens with zero attached hydrogens (tertiary/aromatic N) is 7. The van der Waals surface area contributed by atoms with Crippen LogP contribution in [0.1, 0.15) is 82.0 Å². The number of H-pyrrole nitrogens is 1. The molecule has 0 bridgehead atoms. The van der Waals surface area contributed by atoms with E-state index in [9.17, 15) is 0 Å². The van der Waals surface area contributed by atoms with Gasteiger partial charge in [-0.25, -0.2) is 9.97 Å². The zero-order valence-electron chi connectivity index (χ0n) is 17.9. The van der Waals surface area contributed by atoms with E-state index in [0.29, 0.717) is 0 Å². The molecular formula is C21H28N8. The van der Waals surface area contributed by atoms with Crippen molar-refractivity contribution in [1.29, 1.82) is 0 Å². The van der Waals surface area contributed by atoms with Crippen molar-refractivity contribution in [3.05, 3.63) is 39.9 Å². The quantitative estimate of drug-likeness (QED) is 0.545. The molecule has 0 aliphatic carbocycles. The third kappa shape index (κ3) is 3.32. The molecule has 1 N–H and O–H groups in total. The van der Waals surface area contributed by atoms with E-state index in [1.807, 2.05) is 6.08 Å². The molecule has 0 saturated carbocycles. The Kier molecular flexibility index (Phi) is 4.94. The predicted octanol–water partition coefficient (Wildman–Crippen LogP) is 3.08. The van der Waals surface area contributed by atoms with Crippen molar-refractivity contribution in [2.45, 2.75) is 66.2 Å². The summed E-state index contributed by atoms with van der Waals surface area (Å²) < 4.78 is 3.44. The fraction of sp³-hybridized carbons (Fsp3) is 0.476. The van der Waals surface area contributed by atoms with Crippen LogP contribution in [0.15, 0.2) is 6.08 Å². The van der Waals surface area contributed by atoms with Crippen LogP contribution < -0.4 is 5.22 Å². The van der Waals surface area contributed by atoms with Crippen LogP contribution in [0.3, 0.4) is 0 Å². The molecule has 0 aliphatic rings. The highest BCUT2D eigenvalue weighted by Crippen LogP contribution is 2.19. The molecule has 4 heterocycles. The largest absolute Gasteiger partial charge is 0.280 e. The number of nitrogens with one attached hydrogen (secondary N) is 1. The number of hydrogen-bond donors (Lipinski definition) is 1. The molecule has 0 amide bonds. The Bertz CT molecular complexity index is 1240. The summed E-state index contributed by atoms with van der Waals surface area (Å²) in [6.45, 7) is 12.6. The lowest BCUT2D eigenvalue weighted by Crippen LogP contribution is -2.06. The number of allylic oxidation sites excluding steroid dienone is 1. The Labute approximate surface area is 169 Å². The molecule has 0 saturated heterocycles. The lowest BCUT2D eigenvalue weighted by Gasteiger charge is -1.96.